The van der Waals surface area contributed by atoms with Gasteiger partial charge in [-0.25, -0.2) is 4.79 Å². The zero-order valence-electron chi connectivity index (χ0n) is 21.4. The number of aldehydes is 1. The van der Waals surface area contributed by atoms with Crippen molar-refractivity contribution >= 4 is 31.1 Å². The van der Waals surface area contributed by atoms with Gasteiger partial charge in [0.15, 0.2) is 0 Å². The van der Waals surface area contributed by atoms with E-state index in [2.05, 4.69) is 58.9 Å². The molecule has 1 amide bonds. The molecule has 0 radical (unpaired) electrons. The fourth-order valence-corrected chi connectivity index (χ4v) is 9.18. The van der Waals surface area contributed by atoms with Gasteiger partial charge < -0.3 is 19.2 Å². The Balaban J connectivity index is 2.50. The third kappa shape index (κ3) is 7.03. The van der Waals surface area contributed by atoms with Crippen LogP contribution in [0.5, 0.6) is 0 Å². The fourth-order valence-electron chi connectivity index (χ4n) is 4.58. The monoisotopic (exact) mass is 483 g/mol. The number of benzene rings is 2. The lowest BCUT2D eigenvalue weighted by atomic mass is 10.1. The minimum atomic E-state index is -2.77. The molecule has 0 aliphatic heterocycles. The Morgan fingerprint density at radius 1 is 1.00 bits per heavy atom. The molecule has 0 saturated heterocycles. The van der Waals surface area contributed by atoms with Gasteiger partial charge in [0.1, 0.15) is 6.29 Å². The van der Waals surface area contributed by atoms with Gasteiger partial charge in [0.2, 0.25) is 0 Å². The Kier molecular flexibility index (Phi) is 10.5. The van der Waals surface area contributed by atoms with Crippen molar-refractivity contribution in [3.8, 4) is 0 Å². The van der Waals surface area contributed by atoms with E-state index in [0.717, 1.165) is 12.7 Å². The Morgan fingerprint density at radius 2 is 1.53 bits per heavy atom. The Labute approximate surface area is 206 Å². The zero-order valence-corrected chi connectivity index (χ0v) is 22.4. The molecule has 0 spiro atoms. The van der Waals surface area contributed by atoms with E-state index in [1.807, 2.05) is 36.4 Å². The second kappa shape index (κ2) is 12.9. The highest BCUT2D eigenvalue weighted by Gasteiger charge is 2.50. The van der Waals surface area contributed by atoms with Crippen molar-refractivity contribution in [2.45, 2.75) is 71.4 Å². The predicted octanol–water partition coefficient (Wildman–Crippen LogP) is 5.33. The molecule has 1 atom stereocenters. The lowest BCUT2D eigenvalue weighted by Crippen LogP contribution is -2.67. The van der Waals surface area contributed by atoms with Crippen molar-refractivity contribution in [2.75, 3.05) is 13.2 Å². The van der Waals surface area contributed by atoms with E-state index in [4.69, 9.17) is 4.43 Å². The van der Waals surface area contributed by atoms with Gasteiger partial charge in [-0.05, 0) is 40.6 Å². The third-order valence-electron chi connectivity index (χ3n) is 6.40. The maximum atomic E-state index is 12.3. The summed E-state index contributed by atoms with van der Waals surface area (Å²) in [6.07, 6.45) is 2.43. The molecule has 186 valence electrons. The maximum Gasteiger partial charge on any atom is 0.407 e. The van der Waals surface area contributed by atoms with E-state index in [-0.39, 0.29) is 11.1 Å². The van der Waals surface area contributed by atoms with Crippen LogP contribution < -0.4 is 10.4 Å². The molecule has 0 bridgehead atoms. The molecule has 1 N–H and O–H groups in total. The van der Waals surface area contributed by atoms with Gasteiger partial charge in [-0.2, -0.15) is 0 Å². The normalized spacial score (nSPS) is 13.0. The molecule has 34 heavy (non-hydrogen) atoms. The smallest absolute Gasteiger partial charge is 0.407 e. The van der Waals surface area contributed by atoms with Crippen molar-refractivity contribution in [1.82, 2.24) is 4.90 Å². The first-order valence-electron chi connectivity index (χ1n) is 12.3. The lowest BCUT2D eigenvalue weighted by molar-refractivity contribution is -0.108. The number of carbonyl (C=O) groups excluding carboxylic acids is 1. The first kappa shape index (κ1) is 27.8. The molecule has 0 aromatic heterocycles. The Hall–Kier alpha value is -2.44. The van der Waals surface area contributed by atoms with Crippen LogP contribution in [0.3, 0.4) is 0 Å². The summed E-state index contributed by atoms with van der Waals surface area (Å²) in [5.41, 5.74) is 0. The highest BCUT2D eigenvalue weighted by Crippen LogP contribution is 2.37. The van der Waals surface area contributed by atoms with Crippen molar-refractivity contribution in [3.63, 3.8) is 0 Å². The van der Waals surface area contributed by atoms with Crippen molar-refractivity contribution in [3.05, 3.63) is 60.7 Å². The van der Waals surface area contributed by atoms with Crippen molar-refractivity contribution in [1.29, 1.82) is 0 Å². The molecular formula is C28H41NO4Si. The average Bonchev–Trinajstić information content (AvgIpc) is 2.79. The van der Waals surface area contributed by atoms with E-state index in [1.54, 1.807) is 0 Å². The molecule has 0 fully saturated rings. The molecule has 0 heterocycles. The topological polar surface area (TPSA) is 66.8 Å². The summed E-state index contributed by atoms with van der Waals surface area (Å²) in [5, 5.41) is 12.2. The number of unbranched alkanes of at least 4 members (excludes halogenated alkanes) is 1. The van der Waals surface area contributed by atoms with Crippen LogP contribution in [0, 0.1) is 5.92 Å². The summed E-state index contributed by atoms with van der Waals surface area (Å²) in [6, 6.07) is 20.4. The molecule has 0 unspecified atom stereocenters. The van der Waals surface area contributed by atoms with Crippen LogP contribution in [0.1, 0.15) is 60.3 Å². The summed E-state index contributed by atoms with van der Waals surface area (Å²) >= 11 is 0. The second-order valence-corrected chi connectivity index (χ2v) is 14.7. The quantitative estimate of drug-likeness (QED) is 0.238. The lowest BCUT2D eigenvalue weighted by Gasteiger charge is -2.44. The van der Waals surface area contributed by atoms with Crippen molar-refractivity contribution in [2.24, 2.45) is 5.92 Å². The van der Waals surface area contributed by atoms with Gasteiger partial charge in [-0.1, -0.05) is 95.3 Å². The van der Waals surface area contributed by atoms with Crippen molar-refractivity contribution < 1.29 is 19.1 Å². The van der Waals surface area contributed by atoms with Crippen LogP contribution in [0.25, 0.3) is 0 Å². The van der Waals surface area contributed by atoms with E-state index in [0.29, 0.717) is 38.3 Å². The predicted molar refractivity (Wildman–Crippen MR) is 141 cm³/mol. The second-order valence-electron chi connectivity index (χ2n) is 10.4. The van der Waals surface area contributed by atoms with Crippen LogP contribution >= 0.6 is 0 Å². The van der Waals surface area contributed by atoms with Gasteiger partial charge in [-0.3, -0.25) is 0 Å². The molecule has 0 aliphatic carbocycles. The van der Waals surface area contributed by atoms with Gasteiger partial charge >= 0.3 is 6.09 Å². The average molecular weight is 484 g/mol. The van der Waals surface area contributed by atoms with Crippen LogP contribution in [0.2, 0.25) is 5.04 Å². The molecule has 6 heteroatoms. The van der Waals surface area contributed by atoms with E-state index in [9.17, 15) is 14.7 Å². The van der Waals surface area contributed by atoms with Crippen LogP contribution in [-0.2, 0) is 9.22 Å². The molecule has 5 nitrogen and oxygen atoms in total. The van der Waals surface area contributed by atoms with E-state index < -0.39 is 14.4 Å². The highest BCUT2D eigenvalue weighted by molar-refractivity contribution is 6.99. The number of carboxylic acid groups (broad SMARTS) is 1. The Bertz CT molecular complexity index is 841. The fraction of sp³-hybridized carbons (Fsp3) is 0.500. The van der Waals surface area contributed by atoms with E-state index in [1.165, 1.54) is 15.3 Å². The minimum absolute atomic E-state index is 0.185. The summed E-state index contributed by atoms with van der Waals surface area (Å²) < 4.78 is 7.04. The van der Waals surface area contributed by atoms with Crippen LogP contribution in [-0.4, -0.2) is 49.9 Å². The highest BCUT2D eigenvalue weighted by atomic mass is 28.4. The van der Waals surface area contributed by atoms with Gasteiger partial charge in [0, 0.05) is 13.0 Å². The largest absolute Gasteiger partial charge is 0.465 e. The summed E-state index contributed by atoms with van der Waals surface area (Å²) in [5.74, 6) is 0.398. The summed E-state index contributed by atoms with van der Waals surface area (Å²) in [7, 11) is -2.77. The molecule has 0 saturated carbocycles. The SMILES string of the molecule is CC(C)CCN(C(=O)O)[C@@H](CCCC=O)CO[Si](c1ccccc1)(c1ccccc1)C(C)(C)C. The summed E-state index contributed by atoms with van der Waals surface area (Å²) in [4.78, 5) is 24.8. The number of nitrogens with zero attached hydrogens (tertiary/aromatic N) is 1. The number of hydrogen-bond donors (Lipinski definition) is 1. The molecule has 2 aromatic rings. The molecule has 2 aromatic carbocycles. The Morgan fingerprint density at radius 3 is 1.94 bits per heavy atom. The molecule has 0 aliphatic rings. The van der Waals surface area contributed by atoms with Crippen LogP contribution in [0.4, 0.5) is 4.79 Å². The van der Waals surface area contributed by atoms with Gasteiger partial charge in [-0.15, -0.1) is 0 Å². The zero-order chi connectivity index (χ0) is 25.2. The number of carbonyl (C=O) groups is 2. The van der Waals surface area contributed by atoms with E-state index >= 15 is 0 Å². The van der Waals surface area contributed by atoms with Gasteiger partial charge in [0.05, 0.1) is 12.6 Å². The first-order valence-corrected chi connectivity index (χ1v) is 14.2. The molecule has 2 rings (SSSR count). The number of amides is 1. The minimum Gasteiger partial charge on any atom is -0.465 e. The van der Waals surface area contributed by atoms with Crippen LogP contribution in [0.15, 0.2) is 60.7 Å². The maximum absolute atomic E-state index is 12.3. The molecular weight excluding hydrogens is 442 g/mol. The standard InChI is InChI=1S/C28H41NO4Si/c1-23(2)19-20-29(27(31)32)24(14-12-13-21-30)22-33-34(28(3,4)5,25-15-8-6-9-16-25)26-17-10-7-11-18-26/h6-11,15-18,21,23-24H,12-14,19-20,22H2,1-5H3,(H,31,32)/t24-/m0/s1. The first-order chi connectivity index (χ1) is 16.1. The number of hydrogen-bond acceptors (Lipinski definition) is 3. The summed E-state index contributed by atoms with van der Waals surface area (Å²) in [6.45, 7) is 11.6. The third-order valence-corrected chi connectivity index (χ3v) is 11.4. The van der Waals surface area contributed by atoms with Gasteiger partial charge in [0.25, 0.3) is 8.32 Å². The number of rotatable bonds is 13.